The fourth-order valence-electron chi connectivity index (χ4n) is 0.547. The normalized spacial score (nSPS) is 10.0. The van der Waals surface area contributed by atoms with Crippen LogP contribution in [0.15, 0.2) is 16.3 Å². The molecule has 2 rings (SSSR count). The van der Waals surface area contributed by atoms with Crippen LogP contribution in [0.5, 0.6) is 0 Å². The standard InChI is InChI=1S/C4H2N4OS/c1-3(7-9-6-1)4-5-2-10-8-4/h1-2H. The van der Waals surface area contributed by atoms with Crippen molar-refractivity contribution in [2.75, 3.05) is 0 Å². The molecule has 0 saturated carbocycles. The molecule has 0 aliphatic carbocycles. The summed E-state index contributed by atoms with van der Waals surface area (Å²) in [6, 6.07) is 0. The molecular weight excluding hydrogens is 152 g/mol. The Labute approximate surface area is 59.8 Å². The molecule has 0 aromatic carbocycles. The summed E-state index contributed by atoms with van der Waals surface area (Å²) < 4.78 is 8.29. The van der Waals surface area contributed by atoms with Crippen LogP contribution < -0.4 is 0 Å². The molecule has 0 spiro atoms. The van der Waals surface area contributed by atoms with E-state index in [0.717, 1.165) is 0 Å². The first-order valence-corrected chi connectivity index (χ1v) is 3.35. The van der Waals surface area contributed by atoms with Crippen LogP contribution in [0.2, 0.25) is 0 Å². The molecule has 0 unspecified atom stereocenters. The molecule has 0 radical (unpaired) electrons. The minimum absolute atomic E-state index is 0.561. The number of aromatic nitrogens is 4. The molecule has 10 heavy (non-hydrogen) atoms. The van der Waals surface area contributed by atoms with Gasteiger partial charge in [-0.2, -0.15) is 4.37 Å². The molecule has 0 aliphatic rings. The van der Waals surface area contributed by atoms with Gasteiger partial charge in [0.15, 0.2) is 11.5 Å². The van der Waals surface area contributed by atoms with E-state index in [0.29, 0.717) is 11.5 Å². The fourth-order valence-corrected chi connectivity index (χ4v) is 0.981. The van der Waals surface area contributed by atoms with Crippen LogP contribution in [0, 0.1) is 0 Å². The fraction of sp³-hybridized carbons (Fsp3) is 0. The predicted molar refractivity (Wildman–Crippen MR) is 33.2 cm³/mol. The van der Waals surface area contributed by atoms with Gasteiger partial charge in [-0.15, -0.1) is 0 Å². The zero-order valence-corrected chi connectivity index (χ0v) is 5.58. The minimum Gasteiger partial charge on any atom is -0.244 e. The van der Waals surface area contributed by atoms with Crippen molar-refractivity contribution in [3.63, 3.8) is 0 Å². The van der Waals surface area contributed by atoms with E-state index in [1.807, 2.05) is 0 Å². The molecule has 2 heterocycles. The van der Waals surface area contributed by atoms with Gasteiger partial charge in [-0.05, 0) is 16.7 Å². The van der Waals surface area contributed by atoms with Crippen molar-refractivity contribution in [3.05, 3.63) is 11.7 Å². The Morgan fingerprint density at radius 1 is 1.50 bits per heavy atom. The Morgan fingerprint density at radius 2 is 2.50 bits per heavy atom. The van der Waals surface area contributed by atoms with E-state index in [1.165, 1.54) is 17.7 Å². The molecule has 0 saturated heterocycles. The summed E-state index contributed by atoms with van der Waals surface area (Å²) in [5, 5.41) is 6.97. The van der Waals surface area contributed by atoms with Crippen molar-refractivity contribution in [1.82, 2.24) is 19.7 Å². The lowest BCUT2D eigenvalue weighted by Gasteiger charge is -1.76. The predicted octanol–water partition coefficient (Wildman–Crippen LogP) is 0.588. The van der Waals surface area contributed by atoms with E-state index in [2.05, 4.69) is 24.3 Å². The van der Waals surface area contributed by atoms with Crippen LogP contribution in [0.25, 0.3) is 11.5 Å². The number of hydrogen-bond acceptors (Lipinski definition) is 6. The topological polar surface area (TPSA) is 64.7 Å². The molecule has 0 N–H and O–H groups in total. The van der Waals surface area contributed by atoms with Crippen LogP contribution in [0.3, 0.4) is 0 Å². The molecule has 0 aliphatic heterocycles. The monoisotopic (exact) mass is 154 g/mol. The minimum atomic E-state index is 0.561. The Hall–Kier alpha value is -1.30. The third-order valence-corrected chi connectivity index (χ3v) is 1.43. The quantitative estimate of drug-likeness (QED) is 0.601. The van der Waals surface area contributed by atoms with Gasteiger partial charge in [-0.1, -0.05) is 5.16 Å². The summed E-state index contributed by atoms with van der Waals surface area (Å²) in [5.41, 5.74) is 2.20. The van der Waals surface area contributed by atoms with E-state index in [-0.39, 0.29) is 0 Å². The second-order valence-corrected chi connectivity index (χ2v) is 2.15. The first kappa shape index (κ1) is 5.48. The van der Waals surface area contributed by atoms with Crippen molar-refractivity contribution >= 4 is 11.5 Å². The second-order valence-electron chi connectivity index (χ2n) is 1.55. The molecule has 0 atom stereocenters. The molecular formula is C4H2N4OS. The summed E-state index contributed by atoms with van der Waals surface area (Å²) in [5.74, 6) is 0.561. The number of nitrogens with zero attached hydrogens (tertiary/aromatic N) is 4. The summed E-state index contributed by atoms with van der Waals surface area (Å²) in [6.45, 7) is 0. The molecule has 2 aromatic heterocycles. The summed E-state index contributed by atoms with van der Waals surface area (Å²) >= 11 is 1.27. The van der Waals surface area contributed by atoms with Gasteiger partial charge in [0.1, 0.15) is 11.7 Å². The molecule has 6 heteroatoms. The number of hydrogen-bond donors (Lipinski definition) is 0. The van der Waals surface area contributed by atoms with E-state index in [4.69, 9.17) is 0 Å². The van der Waals surface area contributed by atoms with Crippen molar-refractivity contribution in [1.29, 1.82) is 0 Å². The average Bonchev–Trinajstić information content (AvgIpc) is 2.59. The van der Waals surface area contributed by atoms with Crippen molar-refractivity contribution in [2.24, 2.45) is 0 Å². The van der Waals surface area contributed by atoms with E-state index in [1.54, 1.807) is 5.51 Å². The molecule has 0 amide bonds. The lowest BCUT2D eigenvalue weighted by molar-refractivity contribution is 0.308. The van der Waals surface area contributed by atoms with Crippen molar-refractivity contribution in [3.8, 4) is 11.5 Å². The highest BCUT2D eigenvalue weighted by Gasteiger charge is 2.03. The van der Waals surface area contributed by atoms with Gasteiger partial charge < -0.3 is 0 Å². The van der Waals surface area contributed by atoms with Crippen LogP contribution in [0.1, 0.15) is 0 Å². The Balaban J connectivity index is 2.48. The largest absolute Gasteiger partial charge is 0.244 e. The lowest BCUT2D eigenvalue weighted by Crippen LogP contribution is -1.76. The van der Waals surface area contributed by atoms with Gasteiger partial charge in [0, 0.05) is 0 Å². The van der Waals surface area contributed by atoms with Gasteiger partial charge >= 0.3 is 0 Å². The Bertz CT molecular complexity index is 257. The van der Waals surface area contributed by atoms with Crippen molar-refractivity contribution < 1.29 is 4.63 Å². The lowest BCUT2D eigenvalue weighted by atomic mass is 10.5. The van der Waals surface area contributed by atoms with Crippen LogP contribution >= 0.6 is 11.5 Å². The number of rotatable bonds is 1. The molecule has 50 valence electrons. The van der Waals surface area contributed by atoms with Gasteiger partial charge in [0.2, 0.25) is 0 Å². The van der Waals surface area contributed by atoms with Gasteiger partial charge in [-0.3, -0.25) is 0 Å². The third-order valence-electron chi connectivity index (χ3n) is 0.952. The first-order chi connectivity index (χ1) is 4.97. The maximum Gasteiger partial charge on any atom is 0.196 e. The molecule has 5 nitrogen and oxygen atoms in total. The summed E-state index contributed by atoms with van der Waals surface area (Å²) in [4.78, 5) is 3.90. The van der Waals surface area contributed by atoms with Gasteiger partial charge in [0.05, 0.1) is 0 Å². The average molecular weight is 154 g/mol. The highest BCUT2D eigenvalue weighted by atomic mass is 32.1. The first-order valence-electron chi connectivity index (χ1n) is 2.51. The summed E-state index contributed by atoms with van der Waals surface area (Å²) in [6.07, 6.45) is 1.47. The highest BCUT2D eigenvalue weighted by Crippen LogP contribution is 2.09. The molecule has 0 fully saturated rings. The maximum absolute atomic E-state index is 4.36. The highest BCUT2D eigenvalue weighted by molar-refractivity contribution is 7.03. The van der Waals surface area contributed by atoms with E-state index in [9.17, 15) is 0 Å². The van der Waals surface area contributed by atoms with Gasteiger partial charge in [-0.25, -0.2) is 9.61 Å². The second kappa shape index (κ2) is 2.14. The maximum atomic E-state index is 4.36. The van der Waals surface area contributed by atoms with Crippen LogP contribution in [-0.4, -0.2) is 19.7 Å². The Kier molecular flexibility index (Phi) is 1.17. The molecule has 2 aromatic rings. The molecule has 0 bridgehead atoms. The summed E-state index contributed by atoms with van der Waals surface area (Å²) in [7, 11) is 0. The van der Waals surface area contributed by atoms with E-state index < -0.39 is 0 Å². The smallest absolute Gasteiger partial charge is 0.196 e. The van der Waals surface area contributed by atoms with Crippen molar-refractivity contribution in [2.45, 2.75) is 0 Å². The third kappa shape index (κ3) is 0.781. The van der Waals surface area contributed by atoms with E-state index >= 15 is 0 Å². The SMILES string of the molecule is c1nc(-c2cnon2)ns1. The zero-order valence-electron chi connectivity index (χ0n) is 4.76. The Morgan fingerprint density at radius 3 is 3.10 bits per heavy atom. The van der Waals surface area contributed by atoms with Crippen LogP contribution in [0.4, 0.5) is 0 Å². The van der Waals surface area contributed by atoms with Gasteiger partial charge in [0.25, 0.3) is 0 Å². The van der Waals surface area contributed by atoms with Crippen LogP contribution in [-0.2, 0) is 0 Å². The zero-order chi connectivity index (χ0) is 6.81.